The van der Waals surface area contributed by atoms with Gasteiger partial charge in [-0.2, -0.15) is 0 Å². The van der Waals surface area contributed by atoms with Gasteiger partial charge in [0.1, 0.15) is 0 Å². The van der Waals surface area contributed by atoms with E-state index in [0.29, 0.717) is 11.1 Å². The van der Waals surface area contributed by atoms with E-state index < -0.39 is 10.0 Å². The maximum absolute atomic E-state index is 12.6. The Bertz CT molecular complexity index is 741. The molecule has 0 saturated carbocycles. The number of nitrogens with one attached hydrogen (secondary N) is 1. The minimum atomic E-state index is -3.56. The van der Waals surface area contributed by atoms with Crippen molar-refractivity contribution in [3.63, 3.8) is 0 Å². The molecule has 0 aromatic heterocycles. The number of nitrogen functional groups attached to an aromatic ring is 1. The predicted octanol–water partition coefficient (Wildman–Crippen LogP) is 3.13. The lowest BCUT2D eigenvalue weighted by molar-refractivity contribution is 0.434. The first-order valence-corrected chi connectivity index (χ1v) is 8.64. The Morgan fingerprint density at radius 3 is 2.33 bits per heavy atom. The summed E-state index contributed by atoms with van der Waals surface area (Å²) in [7, 11) is -3.56. The number of benzene rings is 2. The highest BCUT2D eigenvalue weighted by Gasteiger charge is 2.22. The summed E-state index contributed by atoms with van der Waals surface area (Å²) in [6.07, 6.45) is 0.923. The van der Waals surface area contributed by atoms with Crippen LogP contribution in [0.2, 0.25) is 0 Å². The summed E-state index contributed by atoms with van der Waals surface area (Å²) in [5, 5.41) is 1.41. The lowest BCUT2D eigenvalue weighted by Gasteiger charge is -2.20. The Morgan fingerprint density at radius 2 is 1.71 bits per heavy atom. The molecule has 0 amide bonds. The van der Waals surface area contributed by atoms with E-state index in [1.165, 1.54) is 0 Å². The number of sulfonamides is 1. The van der Waals surface area contributed by atoms with Crippen LogP contribution in [0.25, 0.3) is 10.8 Å². The van der Waals surface area contributed by atoms with E-state index in [0.717, 1.165) is 11.8 Å². The van der Waals surface area contributed by atoms with Gasteiger partial charge in [-0.15, -0.1) is 0 Å². The summed E-state index contributed by atoms with van der Waals surface area (Å²) in [4.78, 5) is 0.280. The monoisotopic (exact) mass is 306 g/mol. The van der Waals surface area contributed by atoms with Gasteiger partial charge >= 0.3 is 0 Å². The Kier molecular flexibility index (Phi) is 4.54. The fourth-order valence-electron chi connectivity index (χ4n) is 2.31. The molecule has 0 saturated heterocycles. The van der Waals surface area contributed by atoms with Gasteiger partial charge in [0.2, 0.25) is 10.0 Å². The molecule has 3 N–H and O–H groups in total. The van der Waals surface area contributed by atoms with Crippen molar-refractivity contribution in [1.29, 1.82) is 0 Å². The summed E-state index contributed by atoms with van der Waals surface area (Å²) < 4.78 is 28.0. The molecule has 2 atom stereocenters. The van der Waals surface area contributed by atoms with Crippen LogP contribution in [0.3, 0.4) is 0 Å². The fourth-order valence-corrected chi connectivity index (χ4v) is 3.87. The zero-order chi connectivity index (χ0) is 15.6. The van der Waals surface area contributed by atoms with E-state index in [9.17, 15) is 8.42 Å². The molecule has 2 rings (SSSR count). The van der Waals surface area contributed by atoms with E-state index >= 15 is 0 Å². The second kappa shape index (κ2) is 6.03. The van der Waals surface area contributed by atoms with Crippen LogP contribution >= 0.6 is 0 Å². The molecule has 21 heavy (non-hydrogen) atoms. The Balaban J connectivity index is 2.48. The average Bonchev–Trinajstić information content (AvgIpc) is 2.46. The van der Waals surface area contributed by atoms with Crippen LogP contribution in [0.15, 0.2) is 41.3 Å². The lowest BCUT2D eigenvalue weighted by atomic mass is 10.0. The first-order chi connectivity index (χ1) is 9.86. The number of fused-ring (bicyclic) bond motifs is 1. The molecule has 0 radical (unpaired) electrons. The molecule has 0 aliphatic heterocycles. The molecule has 0 heterocycles. The zero-order valence-electron chi connectivity index (χ0n) is 12.6. The van der Waals surface area contributed by atoms with E-state index in [-0.39, 0.29) is 16.9 Å². The molecule has 0 bridgehead atoms. The first kappa shape index (κ1) is 15.8. The molecule has 2 unspecified atom stereocenters. The standard InChI is InChI=1S/C16H22N2O2S/c1-4-11(2)12(3)18-21(19,20)16-10-9-15(17)13-7-5-6-8-14(13)16/h5-12,18H,4,17H2,1-3H3. The molecule has 0 spiro atoms. The molecule has 2 aromatic rings. The minimum Gasteiger partial charge on any atom is -0.398 e. The van der Waals surface area contributed by atoms with E-state index in [4.69, 9.17) is 5.73 Å². The predicted molar refractivity (Wildman–Crippen MR) is 87.6 cm³/mol. The molecule has 0 fully saturated rings. The number of hydrogen-bond acceptors (Lipinski definition) is 3. The van der Waals surface area contributed by atoms with Gasteiger partial charge in [0.15, 0.2) is 0 Å². The van der Waals surface area contributed by atoms with Crippen molar-refractivity contribution in [2.45, 2.75) is 38.1 Å². The van der Waals surface area contributed by atoms with Crippen molar-refractivity contribution in [2.24, 2.45) is 5.92 Å². The maximum Gasteiger partial charge on any atom is 0.241 e. The van der Waals surface area contributed by atoms with Crippen molar-refractivity contribution in [3.8, 4) is 0 Å². The smallest absolute Gasteiger partial charge is 0.241 e. The van der Waals surface area contributed by atoms with E-state index in [2.05, 4.69) is 4.72 Å². The topological polar surface area (TPSA) is 72.2 Å². The Labute approximate surface area is 126 Å². The highest BCUT2D eigenvalue weighted by molar-refractivity contribution is 7.89. The second-order valence-electron chi connectivity index (χ2n) is 5.49. The lowest BCUT2D eigenvalue weighted by Crippen LogP contribution is -2.36. The summed E-state index contributed by atoms with van der Waals surface area (Å²) in [6, 6.07) is 10.4. The van der Waals surface area contributed by atoms with Crippen molar-refractivity contribution >= 4 is 26.5 Å². The highest BCUT2D eigenvalue weighted by Crippen LogP contribution is 2.28. The van der Waals surface area contributed by atoms with Crippen molar-refractivity contribution in [1.82, 2.24) is 4.72 Å². The van der Waals surface area contributed by atoms with Crippen LogP contribution in [0, 0.1) is 5.92 Å². The summed E-state index contributed by atoms with van der Waals surface area (Å²) in [6.45, 7) is 5.98. The van der Waals surface area contributed by atoms with Crippen LogP contribution in [-0.4, -0.2) is 14.5 Å². The van der Waals surface area contributed by atoms with Crippen LogP contribution in [0.4, 0.5) is 5.69 Å². The van der Waals surface area contributed by atoms with Gasteiger partial charge < -0.3 is 5.73 Å². The average molecular weight is 306 g/mol. The molecule has 2 aromatic carbocycles. The normalized spacial score (nSPS) is 15.0. The largest absolute Gasteiger partial charge is 0.398 e. The maximum atomic E-state index is 12.6. The van der Waals surface area contributed by atoms with Crippen molar-refractivity contribution < 1.29 is 8.42 Å². The van der Waals surface area contributed by atoms with Gasteiger partial charge in [0, 0.05) is 22.5 Å². The number of nitrogens with two attached hydrogens (primary N) is 1. The van der Waals surface area contributed by atoms with Gasteiger partial charge in [0.05, 0.1) is 4.90 Å². The molecule has 5 heteroatoms. The number of anilines is 1. The molecule has 0 aliphatic carbocycles. The molecule has 0 aliphatic rings. The molecule has 4 nitrogen and oxygen atoms in total. The van der Waals surface area contributed by atoms with Gasteiger partial charge in [0.25, 0.3) is 0 Å². The van der Waals surface area contributed by atoms with Gasteiger partial charge in [-0.3, -0.25) is 0 Å². The van der Waals surface area contributed by atoms with Crippen molar-refractivity contribution in [3.05, 3.63) is 36.4 Å². The van der Waals surface area contributed by atoms with E-state index in [1.807, 2.05) is 39.0 Å². The first-order valence-electron chi connectivity index (χ1n) is 7.16. The Morgan fingerprint density at radius 1 is 1.10 bits per heavy atom. The zero-order valence-corrected chi connectivity index (χ0v) is 13.4. The van der Waals surface area contributed by atoms with Gasteiger partial charge in [-0.25, -0.2) is 13.1 Å². The van der Waals surface area contributed by atoms with Gasteiger partial charge in [-0.1, -0.05) is 44.5 Å². The van der Waals surface area contributed by atoms with Crippen LogP contribution < -0.4 is 10.5 Å². The van der Waals surface area contributed by atoms with Crippen molar-refractivity contribution in [2.75, 3.05) is 5.73 Å². The minimum absolute atomic E-state index is 0.115. The third kappa shape index (κ3) is 3.19. The second-order valence-corrected chi connectivity index (χ2v) is 7.18. The third-order valence-electron chi connectivity index (χ3n) is 4.05. The number of hydrogen-bond donors (Lipinski definition) is 2. The van der Waals surface area contributed by atoms with Crippen LogP contribution in [-0.2, 0) is 10.0 Å². The van der Waals surface area contributed by atoms with Crippen LogP contribution in [0.1, 0.15) is 27.2 Å². The fraction of sp³-hybridized carbons (Fsp3) is 0.375. The highest BCUT2D eigenvalue weighted by atomic mass is 32.2. The van der Waals surface area contributed by atoms with Crippen LogP contribution in [0.5, 0.6) is 0 Å². The molecular formula is C16H22N2O2S. The summed E-state index contributed by atoms with van der Waals surface area (Å²) >= 11 is 0. The summed E-state index contributed by atoms with van der Waals surface area (Å²) in [5.74, 6) is 0.278. The Hall–Kier alpha value is -1.59. The van der Waals surface area contributed by atoms with E-state index in [1.54, 1.807) is 18.2 Å². The number of rotatable bonds is 5. The molecule has 114 valence electrons. The third-order valence-corrected chi connectivity index (χ3v) is 5.66. The van der Waals surface area contributed by atoms with Gasteiger partial charge in [-0.05, 0) is 25.0 Å². The SMILES string of the molecule is CCC(C)C(C)NS(=O)(=O)c1ccc(N)c2ccccc12. The quantitative estimate of drug-likeness (QED) is 0.834. The summed E-state index contributed by atoms with van der Waals surface area (Å²) in [5.41, 5.74) is 6.51. The molecular weight excluding hydrogens is 284 g/mol.